The molecule has 15 heavy (non-hydrogen) atoms. The topological polar surface area (TPSA) is 35.2 Å². The van der Waals surface area contributed by atoms with Crippen molar-refractivity contribution in [3.8, 4) is 5.75 Å². The number of ether oxygens (including phenoxy) is 1. The summed E-state index contributed by atoms with van der Waals surface area (Å²) in [4.78, 5) is 0. The highest BCUT2D eigenvalue weighted by atomic mass is 79.9. The Morgan fingerprint density at radius 3 is 2.67 bits per heavy atom. The molecule has 2 nitrogen and oxygen atoms in total. The molecule has 0 radical (unpaired) electrons. The minimum absolute atomic E-state index is 0.190. The third-order valence-electron chi connectivity index (χ3n) is 2.74. The predicted octanol–water partition coefficient (Wildman–Crippen LogP) is 3.18. The molecular formula is C12H16BrNO. The van der Waals surface area contributed by atoms with Gasteiger partial charge in [-0.15, -0.1) is 0 Å². The van der Waals surface area contributed by atoms with Crippen molar-refractivity contribution in [1.29, 1.82) is 0 Å². The summed E-state index contributed by atoms with van der Waals surface area (Å²) in [6, 6.07) is 6.01. The van der Waals surface area contributed by atoms with Crippen LogP contribution in [0.4, 0.5) is 0 Å². The maximum absolute atomic E-state index is 6.33. The lowest BCUT2D eigenvalue weighted by atomic mass is 9.80. The number of fused-ring (bicyclic) bond motifs is 1. The second kappa shape index (κ2) is 3.22. The highest BCUT2D eigenvalue weighted by Crippen LogP contribution is 2.42. The SMILES string of the molecule is CC1(C)CC(C)(N)c2cc(Br)ccc2O1. The lowest BCUT2D eigenvalue weighted by Gasteiger charge is -2.42. The third-order valence-corrected chi connectivity index (χ3v) is 3.23. The van der Waals surface area contributed by atoms with E-state index >= 15 is 0 Å². The molecule has 0 aromatic heterocycles. The normalized spacial score (nSPS) is 28.1. The van der Waals surface area contributed by atoms with Crippen molar-refractivity contribution in [2.45, 2.75) is 38.3 Å². The predicted molar refractivity (Wildman–Crippen MR) is 65.0 cm³/mol. The van der Waals surface area contributed by atoms with Crippen molar-refractivity contribution in [3.63, 3.8) is 0 Å². The van der Waals surface area contributed by atoms with Gasteiger partial charge in [0.2, 0.25) is 0 Å². The quantitative estimate of drug-likeness (QED) is 0.785. The number of benzene rings is 1. The van der Waals surface area contributed by atoms with Gasteiger partial charge in [0.1, 0.15) is 11.4 Å². The van der Waals surface area contributed by atoms with Crippen LogP contribution in [0.25, 0.3) is 0 Å². The monoisotopic (exact) mass is 269 g/mol. The van der Waals surface area contributed by atoms with Crippen LogP contribution >= 0.6 is 15.9 Å². The summed E-state index contributed by atoms with van der Waals surface area (Å²) in [6.07, 6.45) is 0.823. The molecule has 1 unspecified atom stereocenters. The van der Waals surface area contributed by atoms with Gasteiger partial charge in [-0.05, 0) is 39.0 Å². The maximum Gasteiger partial charge on any atom is 0.125 e. The van der Waals surface area contributed by atoms with Crippen LogP contribution in [0.1, 0.15) is 32.8 Å². The van der Waals surface area contributed by atoms with E-state index in [1.165, 1.54) is 0 Å². The van der Waals surface area contributed by atoms with E-state index in [9.17, 15) is 0 Å². The molecule has 1 aromatic carbocycles. The molecule has 0 saturated heterocycles. The van der Waals surface area contributed by atoms with Crippen LogP contribution in [0.3, 0.4) is 0 Å². The largest absolute Gasteiger partial charge is 0.487 e. The van der Waals surface area contributed by atoms with Gasteiger partial charge < -0.3 is 10.5 Å². The highest BCUT2D eigenvalue weighted by Gasteiger charge is 2.39. The summed E-state index contributed by atoms with van der Waals surface area (Å²) in [7, 11) is 0. The van der Waals surface area contributed by atoms with Crippen LogP contribution in [-0.4, -0.2) is 5.60 Å². The van der Waals surface area contributed by atoms with Gasteiger partial charge in [0.25, 0.3) is 0 Å². The Morgan fingerprint density at radius 2 is 2.00 bits per heavy atom. The fraction of sp³-hybridized carbons (Fsp3) is 0.500. The molecule has 0 aliphatic carbocycles. The first kappa shape index (κ1) is 11.0. The maximum atomic E-state index is 6.33. The summed E-state index contributed by atoms with van der Waals surface area (Å²) in [5, 5.41) is 0. The van der Waals surface area contributed by atoms with Crippen molar-refractivity contribution in [3.05, 3.63) is 28.2 Å². The zero-order chi connectivity index (χ0) is 11.3. The molecule has 1 atom stereocenters. The molecule has 82 valence electrons. The van der Waals surface area contributed by atoms with Gasteiger partial charge in [-0.3, -0.25) is 0 Å². The average molecular weight is 270 g/mol. The van der Waals surface area contributed by atoms with Gasteiger partial charge in [-0.25, -0.2) is 0 Å². The molecule has 0 spiro atoms. The summed E-state index contributed by atoms with van der Waals surface area (Å²) in [6.45, 7) is 6.20. The van der Waals surface area contributed by atoms with E-state index in [0.717, 1.165) is 22.2 Å². The minimum Gasteiger partial charge on any atom is -0.487 e. The van der Waals surface area contributed by atoms with Crippen molar-refractivity contribution in [2.75, 3.05) is 0 Å². The minimum atomic E-state index is -0.319. The van der Waals surface area contributed by atoms with Gasteiger partial charge in [0.15, 0.2) is 0 Å². The van der Waals surface area contributed by atoms with Crippen molar-refractivity contribution >= 4 is 15.9 Å². The van der Waals surface area contributed by atoms with Crippen molar-refractivity contribution in [2.24, 2.45) is 5.73 Å². The van der Waals surface area contributed by atoms with E-state index in [0.29, 0.717) is 0 Å². The van der Waals surface area contributed by atoms with Gasteiger partial charge in [0.05, 0.1) is 0 Å². The number of hydrogen-bond acceptors (Lipinski definition) is 2. The second-order valence-electron chi connectivity index (χ2n) is 5.10. The van der Waals surface area contributed by atoms with Gasteiger partial charge >= 0.3 is 0 Å². The molecular weight excluding hydrogens is 254 g/mol. The smallest absolute Gasteiger partial charge is 0.125 e. The number of nitrogens with two attached hydrogens (primary N) is 1. The van der Waals surface area contributed by atoms with Gasteiger partial charge in [-0.1, -0.05) is 15.9 Å². The van der Waals surface area contributed by atoms with Gasteiger partial charge in [0, 0.05) is 22.0 Å². The van der Waals surface area contributed by atoms with E-state index in [1.807, 2.05) is 18.2 Å². The number of halogens is 1. The Kier molecular flexibility index (Phi) is 2.36. The van der Waals surface area contributed by atoms with Gasteiger partial charge in [-0.2, -0.15) is 0 Å². The van der Waals surface area contributed by atoms with Crippen LogP contribution in [0, 0.1) is 0 Å². The summed E-state index contributed by atoms with van der Waals surface area (Å²) in [5.41, 5.74) is 6.90. The van der Waals surface area contributed by atoms with Crippen molar-refractivity contribution in [1.82, 2.24) is 0 Å². The number of hydrogen-bond donors (Lipinski definition) is 1. The van der Waals surface area contributed by atoms with Crippen LogP contribution in [0.5, 0.6) is 5.75 Å². The van der Waals surface area contributed by atoms with Crippen LogP contribution in [0.2, 0.25) is 0 Å². The van der Waals surface area contributed by atoms with E-state index in [-0.39, 0.29) is 11.1 Å². The fourth-order valence-corrected chi connectivity index (χ4v) is 2.71. The summed E-state index contributed by atoms with van der Waals surface area (Å²) in [5.74, 6) is 0.902. The molecule has 0 saturated carbocycles. The Balaban J connectivity index is 2.55. The average Bonchev–Trinajstić information content (AvgIpc) is 2.03. The van der Waals surface area contributed by atoms with Crippen LogP contribution < -0.4 is 10.5 Å². The van der Waals surface area contributed by atoms with E-state index < -0.39 is 0 Å². The molecule has 0 amide bonds. The standard InChI is InChI=1S/C12H16BrNO/c1-11(2)7-12(3,14)9-6-8(13)4-5-10(9)15-11/h4-6H,7,14H2,1-3H3. The van der Waals surface area contributed by atoms with Crippen molar-refractivity contribution < 1.29 is 4.74 Å². The molecule has 2 N–H and O–H groups in total. The summed E-state index contributed by atoms with van der Waals surface area (Å²) < 4.78 is 6.95. The second-order valence-corrected chi connectivity index (χ2v) is 6.01. The Morgan fingerprint density at radius 1 is 1.33 bits per heavy atom. The van der Waals surface area contributed by atoms with Crippen LogP contribution in [0.15, 0.2) is 22.7 Å². The molecule has 2 rings (SSSR count). The van der Waals surface area contributed by atoms with E-state index in [1.54, 1.807) is 0 Å². The molecule has 1 aromatic rings. The van der Waals surface area contributed by atoms with E-state index in [4.69, 9.17) is 10.5 Å². The highest BCUT2D eigenvalue weighted by molar-refractivity contribution is 9.10. The first-order chi connectivity index (χ1) is 6.80. The molecule has 1 aliphatic heterocycles. The molecule has 3 heteroatoms. The molecule has 0 bridgehead atoms. The summed E-state index contributed by atoms with van der Waals surface area (Å²) >= 11 is 3.46. The number of rotatable bonds is 0. The van der Waals surface area contributed by atoms with Crippen LogP contribution in [-0.2, 0) is 5.54 Å². The Labute approximate surface area is 98.9 Å². The van der Waals surface area contributed by atoms with E-state index in [2.05, 4.69) is 36.7 Å². The zero-order valence-corrected chi connectivity index (χ0v) is 10.9. The lowest BCUT2D eigenvalue weighted by molar-refractivity contribution is 0.0502. The zero-order valence-electron chi connectivity index (χ0n) is 9.30. The Hall–Kier alpha value is -0.540. The molecule has 1 heterocycles. The lowest BCUT2D eigenvalue weighted by Crippen LogP contribution is -2.47. The first-order valence-electron chi connectivity index (χ1n) is 5.08. The fourth-order valence-electron chi connectivity index (χ4n) is 2.35. The third kappa shape index (κ3) is 2.04. The first-order valence-corrected chi connectivity index (χ1v) is 5.87. The molecule has 1 aliphatic rings. The molecule has 0 fully saturated rings. The Bertz CT molecular complexity index is 399.